The molecule has 0 aromatic rings. The number of hydrogen-bond acceptors (Lipinski definition) is 5. The van der Waals surface area contributed by atoms with Crippen molar-refractivity contribution in [2.75, 3.05) is 0 Å². The fraction of sp³-hybridized carbons (Fsp3) is 0.786. The Hall–Kier alpha value is -1.28. The van der Waals surface area contributed by atoms with Crippen LogP contribution in [0, 0.1) is 0 Å². The van der Waals surface area contributed by atoms with Crippen molar-refractivity contribution < 1.29 is 19.5 Å². The number of thioether (sulfide) groups is 1. The molecular formula is C14H23N3O4S. The lowest BCUT2D eigenvalue weighted by Crippen LogP contribution is -2.71. The van der Waals surface area contributed by atoms with Crippen molar-refractivity contribution in [1.82, 2.24) is 10.2 Å². The van der Waals surface area contributed by atoms with Crippen molar-refractivity contribution >= 4 is 29.5 Å². The van der Waals surface area contributed by atoms with E-state index in [2.05, 4.69) is 5.32 Å². The monoisotopic (exact) mass is 329 g/mol. The third-order valence-corrected chi connectivity index (χ3v) is 5.75. The van der Waals surface area contributed by atoms with Crippen molar-refractivity contribution in [3.05, 3.63) is 0 Å². The number of carbonyl (C=O) groups excluding carboxylic acids is 2. The normalized spacial score (nSPS) is 30.5. The molecule has 8 heteroatoms. The van der Waals surface area contributed by atoms with Gasteiger partial charge in [0.25, 0.3) is 0 Å². The average Bonchev–Trinajstić information content (AvgIpc) is 2.70. The van der Waals surface area contributed by atoms with Crippen LogP contribution in [0.15, 0.2) is 0 Å². The van der Waals surface area contributed by atoms with Crippen LogP contribution in [-0.2, 0) is 14.4 Å². The van der Waals surface area contributed by atoms with E-state index in [0.717, 1.165) is 12.8 Å². The molecule has 2 heterocycles. The van der Waals surface area contributed by atoms with Crippen LogP contribution in [0.1, 0.15) is 40.0 Å². The molecule has 0 radical (unpaired) electrons. The van der Waals surface area contributed by atoms with E-state index < -0.39 is 28.8 Å². The third-order valence-electron chi connectivity index (χ3n) is 4.18. The van der Waals surface area contributed by atoms with Gasteiger partial charge in [0.1, 0.15) is 17.5 Å². The van der Waals surface area contributed by atoms with Crippen LogP contribution < -0.4 is 11.1 Å². The lowest BCUT2D eigenvalue weighted by molar-refractivity contribution is -0.161. The number of aliphatic carboxylic acids is 1. The zero-order valence-corrected chi connectivity index (χ0v) is 13.9. The van der Waals surface area contributed by atoms with Crippen LogP contribution in [0.5, 0.6) is 0 Å². The van der Waals surface area contributed by atoms with E-state index in [-0.39, 0.29) is 17.2 Å². The molecule has 2 amide bonds. The van der Waals surface area contributed by atoms with Gasteiger partial charge < -0.3 is 21.1 Å². The van der Waals surface area contributed by atoms with Crippen LogP contribution in [-0.4, -0.2) is 56.0 Å². The van der Waals surface area contributed by atoms with E-state index in [0.29, 0.717) is 6.42 Å². The molecule has 2 aliphatic heterocycles. The highest BCUT2D eigenvalue weighted by atomic mass is 32.2. The Morgan fingerprint density at radius 3 is 2.68 bits per heavy atom. The summed E-state index contributed by atoms with van der Waals surface area (Å²) in [5, 5.41) is 11.7. The second kappa shape index (κ2) is 6.08. The van der Waals surface area contributed by atoms with Gasteiger partial charge in [-0.15, -0.1) is 11.8 Å². The van der Waals surface area contributed by atoms with E-state index >= 15 is 0 Å². The number of carboxylic acid groups (broad SMARTS) is 1. The number of nitrogens with zero attached hydrogens (tertiary/aromatic N) is 1. The zero-order valence-electron chi connectivity index (χ0n) is 13.0. The molecule has 4 N–H and O–H groups in total. The second-order valence-corrected chi connectivity index (χ2v) is 8.10. The molecule has 0 aromatic heterocycles. The quantitative estimate of drug-likeness (QED) is 0.597. The van der Waals surface area contributed by atoms with Crippen LogP contribution in [0.25, 0.3) is 0 Å². The summed E-state index contributed by atoms with van der Waals surface area (Å²) < 4.78 is -0.587. The van der Waals surface area contributed by atoms with Gasteiger partial charge >= 0.3 is 5.97 Å². The number of carboxylic acids is 1. The third kappa shape index (κ3) is 2.81. The molecule has 0 bridgehead atoms. The minimum atomic E-state index is -1.02. The molecule has 2 aliphatic rings. The number of nitrogens with one attached hydrogen (secondary N) is 1. The van der Waals surface area contributed by atoms with E-state index in [1.165, 1.54) is 16.7 Å². The summed E-state index contributed by atoms with van der Waals surface area (Å²) in [6, 6.07) is -2.16. The number of amides is 2. The molecule has 7 nitrogen and oxygen atoms in total. The van der Waals surface area contributed by atoms with Crippen LogP contribution in [0.3, 0.4) is 0 Å². The lowest BCUT2D eigenvalue weighted by atomic mass is 9.96. The van der Waals surface area contributed by atoms with E-state index in [1.54, 1.807) is 13.8 Å². The van der Waals surface area contributed by atoms with Gasteiger partial charge in [0.15, 0.2) is 0 Å². The number of rotatable bonds is 6. The maximum atomic E-state index is 12.2. The van der Waals surface area contributed by atoms with Crippen LogP contribution in [0.2, 0.25) is 0 Å². The Labute approximate surface area is 134 Å². The topological polar surface area (TPSA) is 113 Å². The first-order chi connectivity index (χ1) is 10.2. The predicted octanol–water partition coefficient (Wildman–Crippen LogP) is 0.136. The molecule has 22 heavy (non-hydrogen) atoms. The number of hydrogen-bond donors (Lipinski definition) is 3. The van der Waals surface area contributed by atoms with E-state index in [1.807, 2.05) is 6.92 Å². The molecule has 0 spiro atoms. The first-order valence-electron chi connectivity index (χ1n) is 7.49. The average molecular weight is 329 g/mol. The highest BCUT2D eigenvalue weighted by Crippen LogP contribution is 2.50. The van der Waals surface area contributed by atoms with Crippen molar-refractivity contribution in [2.45, 2.75) is 68.3 Å². The largest absolute Gasteiger partial charge is 0.480 e. The Morgan fingerprint density at radius 2 is 2.14 bits per heavy atom. The minimum absolute atomic E-state index is 0.328. The molecule has 0 saturated carbocycles. The molecule has 4 atom stereocenters. The first-order valence-corrected chi connectivity index (χ1v) is 8.37. The van der Waals surface area contributed by atoms with Gasteiger partial charge in [0.05, 0.1) is 6.04 Å². The van der Waals surface area contributed by atoms with E-state index in [4.69, 9.17) is 5.73 Å². The SMILES string of the molecule is CCCCC(N)C(=O)N[C@@H]1C(=O)N2[C@@H]1SC(C)(C)[C@@H]2C(=O)O. The summed E-state index contributed by atoms with van der Waals surface area (Å²) in [4.78, 5) is 37.0. The fourth-order valence-electron chi connectivity index (χ4n) is 2.96. The molecule has 0 aliphatic carbocycles. The summed E-state index contributed by atoms with van der Waals surface area (Å²) >= 11 is 1.41. The van der Waals surface area contributed by atoms with Crippen LogP contribution >= 0.6 is 11.8 Å². The van der Waals surface area contributed by atoms with E-state index in [9.17, 15) is 19.5 Å². The zero-order chi connectivity index (χ0) is 16.7. The Kier molecular flexibility index (Phi) is 4.72. The lowest BCUT2D eigenvalue weighted by Gasteiger charge is -2.43. The highest BCUT2D eigenvalue weighted by molar-refractivity contribution is 8.01. The number of β-lactam (4-membered cyclic amide) rings is 1. The predicted molar refractivity (Wildman–Crippen MR) is 83.2 cm³/mol. The van der Waals surface area contributed by atoms with Crippen molar-refractivity contribution in [1.29, 1.82) is 0 Å². The van der Waals surface area contributed by atoms with Crippen LogP contribution in [0.4, 0.5) is 0 Å². The summed E-state index contributed by atoms with van der Waals surface area (Å²) in [5.74, 6) is -1.70. The van der Waals surface area contributed by atoms with Crippen molar-refractivity contribution in [3.63, 3.8) is 0 Å². The van der Waals surface area contributed by atoms with Gasteiger partial charge in [-0.25, -0.2) is 4.79 Å². The van der Waals surface area contributed by atoms with Crippen molar-refractivity contribution in [3.8, 4) is 0 Å². The first kappa shape index (κ1) is 17.1. The smallest absolute Gasteiger partial charge is 0.327 e. The Morgan fingerprint density at radius 1 is 1.50 bits per heavy atom. The second-order valence-electron chi connectivity index (χ2n) is 6.33. The van der Waals surface area contributed by atoms with Gasteiger partial charge in [-0.05, 0) is 20.3 Å². The summed E-state index contributed by atoms with van der Waals surface area (Å²) in [5.41, 5.74) is 5.80. The number of fused-ring (bicyclic) bond motifs is 1. The van der Waals surface area contributed by atoms with Gasteiger partial charge in [0, 0.05) is 4.75 Å². The highest BCUT2D eigenvalue weighted by Gasteiger charge is 2.64. The maximum Gasteiger partial charge on any atom is 0.327 e. The standard InChI is InChI=1S/C14H23N3O4S/c1-4-5-6-7(15)10(18)16-8-11(19)17-9(13(20)21)14(2,3)22-12(8)17/h7-9,12H,4-6,15H2,1-3H3,(H,16,18)(H,20,21)/t7?,8-,9+,12-/m1/s1. The Balaban J connectivity index is 2.01. The molecule has 1 unspecified atom stereocenters. The summed E-state index contributed by atoms with van der Waals surface area (Å²) in [6.07, 6.45) is 2.38. The number of nitrogens with two attached hydrogens (primary N) is 1. The molecule has 2 rings (SSSR count). The molecular weight excluding hydrogens is 306 g/mol. The molecule has 0 aromatic carbocycles. The fourth-order valence-corrected chi connectivity index (χ4v) is 4.59. The minimum Gasteiger partial charge on any atom is -0.480 e. The summed E-state index contributed by atoms with van der Waals surface area (Å²) in [6.45, 7) is 5.61. The van der Waals surface area contributed by atoms with Crippen molar-refractivity contribution in [2.24, 2.45) is 5.73 Å². The van der Waals surface area contributed by atoms with Gasteiger partial charge in [-0.2, -0.15) is 0 Å². The number of unbranched alkanes of at least 4 members (excludes halogenated alkanes) is 1. The molecule has 124 valence electrons. The van der Waals surface area contributed by atoms with Gasteiger partial charge in [-0.1, -0.05) is 19.8 Å². The Bertz CT molecular complexity index is 496. The molecule has 2 fully saturated rings. The molecule has 2 saturated heterocycles. The van der Waals surface area contributed by atoms with Gasteiger partial charge in [-0.3, -0.25) is 9.59 Å². The summed E-state index contributed by atoms with van der Waals surface area (Å²) in [7, 11) is 0. The number of carbonyl (C=O) groups is 3. The van der Waals surface area contributed by atoms with Gasteiger partial charge in [0.2, 0.25) is 11.8 Å². The maximum absolute atomic E-state index is 12.2.